The van der Waals surface area contributed by atoms with E-state index in [9.17, 15) is 0 Å². The number of anilines is 1. The molecular formula is C16H27NO. The fourth-order valence-electron chi connectivity index (χ4n) is 1.81. The van der Waals surface area contributed by atoms with Crippen LogP contribution < -0.4 is 10.1 Å². The summed E-state index contributed by atoms with van der Waals surface area (Å²) in [6.45, 7) is 6.29. The fraction of sp³-hybridized carbons (Fsp3) is 0.625. The number of ether oxygens (including phenoxy) is 1. The maximum atomic E-state index is 5.69. The predicted octanol–water partition coefficient (Wildman–Crippen LogP) is 4.86. The summed E-state index contributed by atoms with van der Waals surface area (Å²) in [5, 5.41) is 3.45. The quantitative estimate of drug-likeness (QED) is 0.598. The standard InChI is InChI=1S/C16H27NO/c1-3-5-7-8-12-17-15-10-9-11-16(14-15)18-13-6-4-2/h9-11,14,17H,3-8,12-13H2,1-2H3. The van der Waals surface area contributed by atoms with E-state index in [1.165, 1.54) is 37.8 Å². The van der Waals surface area contributed by atoms with Crippen LogP contribution in [0.3, 0.4) is 0 Å². The van der Waals surface area contributed by atoms with Gasteiger partial charge >= 0.3 is 0 Å². The van der Waals surface area contributed by atoms with Gasteiger partial charge in [0.2, 0.25) is 0 Å². The lowest BCUT2D eigenvalue weighted by Crippen LogP contribution is -2.02. The molecule has 0 unspecified atom stereocenters. The van der Waals surface area contributed by atoms with E-state index < -0.39 is 0 Å². The molecule has 0 heterocycles. The molecule has 18 heavy (non-hydrogen) atoms. The van der Waals surface area contributed by atoms with Crippen molar-refractivity contribution in [1.82, 2.24) is 0 Å². The van der Waals surface area contributed by atoms with Crippen molar-refractivity contribution in [2.45, 2.75) is 52.4 Å². The van der Waals surface area contributed by atoms with Gasteiger partial charge in [0.15, 0.2) is 0 Å². The Morgan fingerprint density at radius 3 is 2.61 bits per heavy atom. The number of benzene rings is 1. The first-order valence-electron chi connectivity index (χ1n) is 7.33. The third-order valence-corrected chi connectivity index (χ3v) is 2.96. The van der Waals surface area contributed by atoms with Crippen LogP contribution in [0.4, 0.5) is 5.69 Å². The molecule has 0 aromatic heterocycles. The van der Waals surface area contributed by atoms with E-state index in [0.717, 1.165) is 25.3 Å². The first kappa shape index (κ1) is 14.9. The average molecular weight is 249 g/mol. The number of rotatable bonds is 10. The van der Waals surface area contributed by atoms with Crippen LogP contribution in [0.5, 0.6) is 5.75 Å². The molecule has 0 spiro atoms. The van der Waals surface area contributed by atoms with Crippen molar-refractivity contribution in [3.8, 4) is 5.75 Å². The van der Waals surface area contributed by atoms with Gasteiger partial charge in [-0.25, -0.2) is 0 Å². The third kappa shape index (κ3) is 6.53. The highest BCUT2D eigenvalue weighted by molar-refractivity contribution is 5.48. The maximum Gasteiger partial charge on any atom is 0.121 e. The highest BCUT2D eigenvalue weighted by Gasteiger charge is 1.96. The molecule has 2 heteroatoms. The van der Waals surface area contributed by atoms with Crippen molar-refractivity contribution in [1.29, 1.82) is 0 Å². The molecule has 0 radical (unpaired) electrons. The van der Waals surface area contributed by atoms with E-state index in [1.54, 1.807) is 0 Å². The van der Waals surface area contributed by atoms with Gasteiger partial charge in [0, 0.05) is 18.3 Å². The topological polar surface area (TPSA) is 21.3 Å². The van der Waals surface area contributed by atoms with E-state index in [-0.39, 0.29) is 0 Å². The summed E-state index contributed by atoms with van der Waals surface area (Å²) in [5.41, 5.74) is 1.17. The molecule has 0 amide bonds. The fourth-order valence-corrected chi connectivity index (χ4v) is 1.81. The van der Waals surface area contributed by atoms with Gasteiger partial charge in [0.25, 0.3) is 0 Å². The monoisotopic (exact) mass is 249 g/mol. The zero-order valence-electron chi connectivity index (χ0n) is 11.9. The van der Waals surface area contributed by atoms with Crippen LogP contribution in [-0.2, 0) is 0 Å². The van der Waals surface area contributed by atoms with Crippen LogP contribution in [0, 0.1) is 0 Å². The van der Waals surface area contributed by atoms with Crippen molar-refractivity contribution in [3.63, 3.8) is 0 Å². The third-order valence-electron chi connectivity index (χ3n) is 2.96. The Bertz CT molecular complexity index is 312. The number of hydrogen-bond acceptors (Lipinski definition) is 2. The lowest BCUT2D eigenvalue weighted by molar-refractivity contribution is 0.309. The number of hydrogen-bond donors (Lipinski definition) is 1. The molecule has 0 bridgehead atoms. The Hall–Kier alpha value is -1.18. The van der Waals surface area contributed by atoms with Gasteiger partial charge in [-0.05, 0) is 25.0 Å². The number of nitrogens with one attached hydrogen (secondary N) is 1. The summed E-state index contributed by atoms with van der Waals surface area (Å²) in [4.78, 5) is 0. The van der Waals surface area contributed by atoms with Gasteiger partial charge in [-0.2, -0.15) is 0 Å². The van der Waals surface area contributed by atoms with E-state index in [2.05, 4.69) is 37.4 Å². The molecule has 0 aliphatic carbocycles. The lowest BCUT2D eigenvalue weighted by Gasteiger charge is -2.09. The molecule has 1 N–H and O–H groups in total. The van der Waals surface area contributed by atoms with E-state index in [4.69, 9.17) is 4.74 Å². The smallest absolute Gasteiger partial charge is 0.121 e. The van der Waals surface area contributed by atoms with Crippen LogP contribution in [0.1, 0.15) is 52.4 Å². The average Bonchev–Trinajstić information content (AvgIpc) is 2.39. The molecule has 1 rings (SSSR count). The zero-order chi connectivity index (χ0) is 13.1. The van der Waals surface area contributed by atoms with Crippen molar-refractivity contribution < 1.29 is 4.74 Å². The summed E-state index contributed by atoms with van der Waals surface area (Å²) >= 11 is 0. The molecule has 0 atom stereocenters. The summed E-state index contributed by atoms with van der Waals surface area (Å²) in [7, 11) is 0. The van der Waals surface area contributed by atoms with Gasteiger partial charge < -0.3 is 10.1 Å². The summed E-state index contributed by atoms with van der Waals surface area (Å²) in [6.07, 6.45) is 7.48. The van der Waals surface area contributed by atoms with Crippen LogP contribution >= 0.6 is 0 Å². The van der Waals surface area contributed by atoms with Crippen molar-refractivity contribution in [2.24, 2.45) is 0 Å². The highest BCUT2D eigenvalue weighted by atomic mass is 16.5. The number of unbranched alkanes of at least 4 members (excludes halogenated alkanes) is 4. The van der Waals surface area contributed by atoms with Crippen molar-refractivity contribution in [2.75, 3.05) is 18.5 Å². The minimum absolute atomic E-state index is 0.816. The molecule has 0 aliphatic heterocycles. The van der Waals surface area contributed by atoms with Gasteiger partial charge in [-0.15, -0.1) is 0 Å². The second-order valence-electron chi connectivity index (χ2n) is 4.72. The Morgan fingerprint density at radius 1 is 1.00 bits per heavy atom. The zero-order valence-corrected chi connectivity index (χ0v) is 11.9. The normalized spacial score (nSPS) is 10.3. The van der Waals surface area contributed by atoms with E-state index >= 15 is 0 Å². The molecule has 102 valence electrons. The largest absolute Gasteiger partial charge is 0.494 e. The Balaban J connectivity index is 2.26. The minimum Gasteiger partial charge on any atom is -0.494 e. The van der Waals surface area contributed by atoms with Crippen molar-refractivity contribution in [3.05, 3.63) is 24.3 Å². The van der Waals surface area contributed by atoms with Crippen LogP contribution in [0.2, 0.25) is 0 Å². The predicted molar refractivity (Wildman–Crippen MR) is 79.5 cm³/mol. The Kier molecular flexibility index (Phi) is 8.11. The second-order valence-corrected chi connectivity index (χ2v) is 4.72. The molecule has 2 nitrogen and oxygen atoms in total. The minimum atomic E-state index is 0.816. The van der Waals surface area contributed by atoms with Gasteiger partial charge in [-0.1, -0.05) is 45.6 Å². The lowest BCUT2D eigenvalue weighted by atomic mass is 10.2. The Morgan fingerprint density at radius 2 is 1.83 bits per heavy atom. The van der Waals surface area contributed by atoms with Crippen molar-refractivity contribution >= 4 is 5.69 Å². The molecule has 0 saturated carbocycles. The van der Waals surface area contributed by atoms with E-state index in [0.29, 0.717) is 0 Å². The van der Waals surface area contributed by atoms with E-state index in [1.807, 2.05) is 6.07 Å². The van der Waals surface area contributed by atoms with Crippen LogP contribution in [0.15, 0.2) is 24.3 Å². The van der Waals surface area contributed by atoms with Crippen LogP contribution in [-0.4, -0.2) is 13.2 Å². The maximum absolute atomic E-state index is 5.69. The second kappa shape index (κ2) is 9.81. The molecule has 0 fully saturated rings. The van der Waals surface area contributed by atoms with Crippen LogP contribution in [0.25, 0.3) is 0 Å². The molecule has 0 aliphatic rings. The first-order valence-corrected chi connectivity index (χ1v) is 7.33. The molecular weight excluding hydrogens is 222 g/mol. The summed E-state index contributed by atoms with van der Waals surface area (Å²) in [5.74, 6) is 0.974. The molecule has 1 aromatic rings. The van der Waals surface area contributed by atoms with Gasteiger partial charge in [0.1, 0.15) is 5.75 Å². The summed E-state index contributed by atoms with van der Waals surface area (Å²) < 4.78 is 5.69. The van der Waals surface area contributed by atoms with Gasteiger partial charge in [-0.3, -0.25) is 0 Å². The Labute approximate surface area is 112 Å². The molecule has 1 aromatic carbocycles. The van der Waals surface area contributed by atoms with Gasteiger partial charge in [0.05, 0.1) is 6.61 Å². The highest BCUT2D eigenvalue weighted by Crippen LogP contribution is 2.17. The first-order chi connectivity index (χ1) is 8.86. The summed E-state index contributed by atoms with van der Waals surface area (Å²) in [6, 6.07) is 8.27. The molecule has 0 saturated heterocycles. The SMILES string of the molecule is CCCCCCNc1cccc(OCCCC)c1.